The van der Waals surface area contributed by atoms with Crippen molar-refractivity contribution in [3.05, 3.63) is 0 Å². The largest absolute Gasteiger partial charge is 0.481 e. The fraction of sp³-hybridized carbons (Fsp3) is 0.909. The van der Waals surface area contributed by atoms with E-state index in [1.54, 1.807) is 7.11 Å². The van der Waals surface area contributed by atoms with Crippen LogP contribution < -0.4 is 0 Å². The maximum atomic E-state index is 7.77. The Balaban J connectivity index is 2.31. The Morgan fingerprint density at radius 3 is 3.00 bits per heavy atom. The molecular weight excluding hydrogens is 192 g/mol. The Labute approximate surface area is 92.1 Å². The molecule has 0 bridgehead atoms. The number of piperidine rings is 1. The highest BCUT2D eigenvalue weighted by atomic mass is 16.5. The van der Waals surface area contributed by atoms with Gasteiger partial charge in [-0.25, -0.2) is 0 Å². The van der Waals surface area contributed by atoms with E-state index in [9.17, 15) is 0 Å². The molecule has 4 heteroatoms. The molecular formula is C11H22N2O2. The van der Waals surface area contributed by atoms with Gasteiger partial charge in [0.25, 0.3) is 0 Å². The van der Waals surface area contributed by atoms with Gasteiger partial charge in [-0.05, 0) is 26.3 Å². The van der Waals surface area contributed by atoms with Crippen LogP contribution in [-0.4, -0.2) is 50.8 Å². The highest BCUT2D eigenvalue weighted by molar-refractivity contribution is 5.75. The van der Waals surface area contributed by atoms with Gasteiger partial charge in [-0.2, -0.15) is 0 Å². The second-order valence-corrected chi connectivity index (χ2v) is 3.93. The number of hydrogen-bond donors (Lipinski definition) is 1. The second-order valence-electron chi connectivity index (χ2n) is 3.93. The van der Waals surface area contributed by atoms with Gasteiger partial charge in [0.1, 0.15) is 0 Å². The van der Waals surface area contributed by atoms with Crippen molar-refractivity contribution in [2.75, 3.05) is 40.0 Å². The molecule has 1 aliphatic heterocycles. The first-order valence-corrected chi connectivity index (χ1v) is 5.70. The molecule has 0 aromatic heterocycles. The molecule has 1 heterocycles. The van der Waals surface area contributed by atoms with Gasteiger partial charge in [-0.15, -0.1) is 0 Å². The zero-order valence-corrected chi connectivity index (χ0v) is 9.79. The summed E-state index contributed by atoms with van der Waals surface area (Å²) in [6.45, 7) is 6.34. The summed E-state index contributed by atoms with van der Waals surface area (Å²) in [5.74, 6) is 0.746. The van der Waals surface area contributed by atoms with E-state index in [4.69, 9.17) is 14.9 Å². The van der Waals surface area contributed by atoms with E-state index in [2.05, 4.69) is 4.90 Å². The third-order valence-electron chi connectivity index (χ3n) is 2.79. The maximum Gasteiger partial charge on any atom is 0.184 e. The maximum absolute atomic E-state index is 7.77. The smallest absolute Gasteiger partial charge is 0.184 e. The Bertz CT molecular complexity index is 197. The summed E-state index contributed by atoms with van der Waals surface area (Å²) >= 11 is 0. The molecule has 1 fully saturated rings. The molecule has 1 atom stereocenters. The summed E-state index contributed by atoms with van der Waals surface area (Å²) in [6.07, 6.45) is 2.24. The van der Waals surface area contributed by atoms with Crippen molar-refractivity contribution < 1.29 is 9.47 Å². The molecule has 0 aromatic rings. The van der Waals surface area contributed by atoms with Crippen molar-refractivity contribution in [2.24, 2.45) is 5.92 Å². The lowest BCUT2D eigenvalue weighted by atomic mass is 9.98. The van der Waals surface area contributed by atoms with Gasteiger partial charge in [0.05, 0.1) is 13.2 Å². The van der Waals surface area contributed by atoms with Gasteiger partial charge in [-0.1, -0.05) is 0 Å². The zero-order chi connectivity index (χ0) is 11.1. The Hall–Kier alpha value is -0.610. The number of hydrogen-bond acceptors (Lipinski definition) is 4. The third kappa shape index (κ3) is 4.18. The molecule has 0 aliphatic carbocycles. The van der Waals surface area contributed by atoms with Crippen LogP contribution in [0.5, 0.6) is 0 Å². The molecule has 1 saturated heterocycles. The third-order valence-corrected chi connectivity index (χ3v) is 2.79. The lowest BCUT2D eigenvalue weighted by Crippen LogP contribution is -2.40. The summed E-state index contributed by atoms with van der Waals surface area (Å²) in [5, 5.41) is 7.77. The van der Waals surface area contributed by atoms with E-state index in [-0.39, 0.29) is 5.92 Å². The Morgan fingerprint density at radius 2 is 2.33 bits per heavy atom. The van der Waals surface area contributed by atoms with E-state index in [0.717, 1.165) is 39.1 Å². The molecule has 0 saturated carbocycles. The van der Waals surface area contributed by atoms with Crippen LogP contribution in [0, 0.1) is 11.3 Å². The van der Waals surface area contributed by atoms with E-state index in [1.165, 1.54) is 0 Å². The van der Waals surface area contributed by atoms with Crippen molar-refractivity contribution in [1.82, 2.24) is 4.90 Å². The fourth-order valence-corrected chi connectivity index (χ4v) is 1.97. The number of nitrogens with one attached hydrogen (secondary N) is 1. The molecule has 15 heavy (non-hydrogen) atoms. The number of methoxy groups -OCH3 is 1. The van der Waals surface area contributed by atoms with E-state index < -0.39 is 0 Å². The number of rotatable bonds is 5. The average molecular weight is 214 g/mol. The standard InChI is InChI=1S/C11H22N2O2/c1-3-15-11(12)10-5-4-6-13(9-10)7-8-14-2/h10,12H,3-9H2,1-2H3. The normalized spacial score (nSPS) is 22.7. The topological polar surface area (TPSA) is 45.5 Å². The van der Waals surface area contributed by atoms with Crippen molar-refractivity contribution >= 4 is 5.90 Å². The van der Waals surface area contributed by atoms with E-state index in [1.807, 2.05) is 6.92 Å². The molecule has 1 N–H and O–H groups in total. The first-order valence-electron chi connectivity index (χ1n) is 5.70. The first-order chi connectivity index (χ1) is 7.27. The van der Waals surface area contributed by atoms with Crippen molar-refractivity contribution in [2.45, 2.75) is 19.8 Å². The Kier molecular flexibility index (Phi) is 5.65. The number of likely N-dealkylation sites (tertiary alicyclic amines) is 1. The summed E-state index contributed by atoms with van der Waals surface area (Å²) in [5.41, 5.74) is 0. The van der Waals surface area contributed by atoms with Gasteiger partial charge >= 0.3 is 0 Å². The first kappa shape index (κ1) is 12.5. The number of nitrogens with zero attached hydrogens (tertiary/aromatic N) is 1. The quantitative estimate of drug-likeness (QED) is 0.555. The molecule has 88 valence electrons. The fourth-order valence-electron chi connectivity index (χ4n) is 1.97. The van der Waals surface area contributed by atoms with Crippen LogP contribution in [0.2, 0.25) is 0 Å². The molecule has 0 radical (unpaired) electrons. The molecule has 0 amide bonds. The van der Waals surface area contributed by atoms with Gasteiger partial charge in [0.2, 0.25) is 0 Å². The predicted molar refractivity (Wildman–Crippen MR) is 60.4 cm³/mol. The van der Waals surface area contributed by atoms with Crippen LogP contribution in [0.25, 0.3) is 0 Å². The molecule has 0 spiro atoms. The summed E-state index contributed by atoms with van der Waals surface area (Å²) in [4.78, 5) is 2.35. The summed E-state index contributed by atoms with van der Waals surface area (Å²) in [6, 6.07) is 0. The lowest BCUT2D eigenvalue weighted by molar-refractivity contribution is 0.120. The average Bonchev–Trinajstić information content (AvgIpc) is 2.27. The zero-order valence-electron chi connectivity index (χ0n) is 9.79. The minimum atomic E-state index is 0.288. The number of ether oxygens (including phenoxy) is 2. The highest BCUT2D eigenvalue weighted by Crippen LogP contribution is 2.17. The molecule has 0 aromatic carbocycles. The minimum absolute atomic E-state index is 0.288. The predicted octanol–water partition coefficient (Wildman–Crippen LogP) is 1.36. The lowest BCUT2D eigenvalue weighted by Gasteiger charge is -2.32. The highest BCUT2D eigenvalue weighted by Gasteiger charge is 2.23. The molecule has 4 nitrogen and oxygen atoms in total. The monoisotopic (exact) mass is 214 g/mol. The summed E-state index contributed by atoms with van der Waals surface area (Å²) in [7, 11) is 1.73. The van der Waals surface area contributed by atoms with Crippen LogP contribution in [-0.2, 0) is 9.47 Å². The van der Waals surface area contributed by atoms with Gasteiger partial charge in [0.15, 0.2) is 5.90 Å². The molecule has 1 aliphatic rings. The van der Waals surface area contributed by atoms with Crippen molar-refractivity contribution in [3.63, 3.8) is 0 Å². The van der Waals surface area contributed by atoms with Crippen LogP contribution in [0.15, 0.2) is 0 Å². The van der Waals surface area contributed by atoms with Crippen LogP contribution in [0.4, 0.5) is 0 Å². The van der Waals surface area contributed by atoms with Gasteiger partial charge in [-0.3, -0.25) is 5.41 Å². The van der Waals surface area contributed by atoms with Crippen LogP contribution in [0.1, 0.15) is 19.8 Å². The van der Waals surface area contributed by atoms with E-state index >= 15 is 0 Å². The van der Waals surface area contributed by atoms with Gasteiger partial charge in [0, 0.05) is 26.1 Å². The van der Waals surface area contributed by atoms with Crippen LogP contribution >= 0.6 is 0 Å². The van der Waals surface area contributed by atoms with Gasteiger partial charge < -0.3 is 14.4 Å². The SMILES string of the molecule is CCOC(=N)C1CCCN(CCOC)C1. The minimum Gasteiger partial charge on any atom is -0.481 e. The van der Waals surface area contributed by atoms with Crippen molar-refractivity contribution in [1.29, 1.82) is 5.41 Å². The summed E-state index contributed by atoms with van der Waals surface area (Å²) < 4.78 is 10.3. The van der Waals surface area contributed by atoms with E-state index in [0.29, 0.717) is 12.5 Å². The Morgan fingerprint density at radius 1 is 1.53 bits per heavy atom. The molecule has 1 unspecified atom stereocenters. The van der Waals surface area contributed by atoms with Crippen LogP contribution in [0.3, 0.4) is 0 Å². The van der Waals surface area contributed by atoms with Crippen molar-refractivity contribution in [3.8, 4) is 0 Å². The second kappa shape index (κ2) is 6.80. The molecule has 1 rings (SSSR count).